The largest absolute Gasteiger partial charge is 0.457 e. The minimum Gasteiger partial charge on any atom is -0.457 e. The summed E-state index contributed by atoms with van der Waals surface area (Å²) in [6.45, 7) is 8.63. The zero-order valence-electron chi connectivity index (χ0n) is 13.4. The molecule has 0 spiro atoms. The standard InChI is InChI=1S/C19H25NO/c1-5-18(20)17-8-6-7-9-19(17)21-15-10-11-16(13(2)3)14(4)12-15/h6-13,18H,5,20H2,1-4H3/t18-/m1/s1. The average molecular weight is 283 g/mol. The Morgan fingerprint density at radius 2 is 1.76 bits per heavy atom. The number of ether oxygens (including phenoxy) is 1. The maximum atomic E-state index is 6.16. The Bertz CT molecular complexity index is 604. The molecule has 0 bridgehead atoms. The molecule has 2 aromatic carbocycles. The van der Waals surface area contributed by atoms with Crippen molar-refractivity contribution in [3.63, 3.8) is 0 Å². The lowest BCUT2D eigenvalue weighted by Gasteiger charge is -2.17. The number of rotatable bonds is 5. The summed E-state index contributed by atoms with van der Waals surface area (Å²) in [7, 11) is 0. The fourth-order valence-electron chi connectivity index (χ4n) is 2.59. The zero-order chi connectivity index (χ0) is 15.4. The third-order valence-corrected chi connectivity index (χ3v) is 3.85. The average Bonchev–Trinajstić information content (AvgIpc) is 2.46. The van der Waals surface area contributed by atoms with E-state index in [-0.39, 0.29) is 6.04 Å². The second-order valence-electron chi connectivity index (χ2n) is 5.83. The van der Waals surface area contributed by atoms with Crippen LogP contribution in [0.4, 0.5) is 0 Å². The maximum Gasteiger partial charge on any atom is 0.132 e. The molecule has 0 unspecified atom stereocenters. The highest BCUT2D eigenvalue weighted by atomic mass is 16.5. The van der Waals surface area contributed by atoms with E-state index in [2.05, 4.69) is 39.8 Å². The minimum atomic E-state index is 0.0113. The summed E-state index contributed by atoms with van der Waals surface area (Å²) in [5.41, 5.74) is 9.85. The fourth-order valence-corrected chi connectivity index (χ4v) is 2.59. The number of hydrogen-bond donors (Lipinski definition) is 1. The van der Waals surface area contributed by atoms with Crippen molar-refractivity contribution >= 4 is 0 Å². The van der Waals surface area contributed by atoms with E-state index in [9.17, 15) is 0 Å². The molecule has 21 heavy (non-hydrogen) atoms. The van der Waals surface area contributed by atoms with Gasteiger partial charge in [-0.05, 0) is 48.6 Å². The van der Waals surface area contributed by atoms with Crippen LogP contribution in [-0.2, 0) is 0 Å². The molecule has 1 atom stereocenters. The lowest BCUT2D eigenvalue weighted by molar-refractivity contribution is 0.468. The molecule has 2 heteroatoms. The van der Waals surface area contributed by atoms with Crippen LogP contribution in [0.1, 0.15) is 55.8 Å². The van der Waals surface area contributed by atoms with Gasteiger partial charge < -0.3 is 10.5 Å². The van der Waals surface area contributed by atoms with E-state index >= 15 is 0 Å². The molecule has 112 valence electrons. The molecular formula is C19H25NO. The van der Waals surface area contributed by atoms with Crippen LogP contribution in [-0.4, -0.2) is 0 Å². The lowest BCUT2D eigenvalue weighted by Crippen LogP contribution is -2.09. The first kappa shape index (κ1) is 15.6. The third-order valence-electron chi connectivity index (χ3n) is 3.85. The molecule has 0 fully saturated rings. The van der Waals surface area contributed by atoms with Crippen molar-refractivity contribution in [3.05, 3.63) is 59.2 Å². The van der Waals surface area contributed by atoms with Crippen LogP contribution in [0.3, 0.4) is 0 Å². The monoisotopic (exact) mass is 283 g/mol. The normalized spacial score (nSPS) is 12.5. The van der Waals surface area contributed by atoms with E-state index in [0.29, 0.717) is 5.92 Å². The Hall–Kier alpha value is -1.80. The molecule has 0 heterocycles. The first-order chi connectivity index (χ1) is 10.0. The maximum absolute atomic E-state index is 6.16. The van der Waals surface area contributed by atoms with E-state index in [1.54, 1.807) is 0 Å². The van der Waals surface area contributed by atoms with Crippen LogP contribution in [0.15, 0.2) is 42.5 Å². The summed E-state index contributed by atoms with van der Waals surface area (Å²) in [4.78, 5) is 0. The van der Waals surface area contributed by atoms with Gasteiger partial charge in [-0.1, -0.05) is 45.0 Å². The van der Waals surface area contributed by atoms with Crippen LogP contribution in [0.25, 0.3) is 0 Å². The van der Waals surface area contributed by atoms with E-state index in [4.69, 9.17) is 10.5 Å². The molecule has 2 nitrogen and oxygen atoms in total. The molecule has 0 aromatic heterocycles. The second kappa shape index (κ2) is 6.77. The lowest BCUT2D eigenvalue weighted by atomic mass is 9.98. The van der Waals surface area contributed by atoms with Crippen molar-refractivity contribution in [3.8, 4) is 11.5 Å². The van der Waals surface area contributed by atoms with E-state index in [1.165, 1.54) is 11.1 Å². The highest BCUT2D eigenvalue weighted by molar-refractivity contribution is 5.42. The molecule has 2 aromatic rings. The first-order valence-corrected chi connectivity index (χ1v) is 7.65. The first-order valence-electron chi connectivity index (χ1n) is 7.65. The van der Waals surface area contributed by atoms with Crippen LogP contribution < -0.4 is 10.5 Å². The second-order valence-corrected chi connectivity index (χ2v) is 5.83. The van der Waals surface area contributed by atoms with Crippen LogP contribution in [0.5, 0.6) is 11.5 Å². The highest BCUT2D eigenvalue weighted by Crippen LogP contribution is 2.31. The van der Waals surface area contributed by atoms with Crippen LogP contribution >= 0.6 is 0 Å². The topological polar surface area (TPSA) is 35.2 Å². The van der Waals surface area contributed by atoms with Gasteiger partial charge >= 0.3 is 0 Å². The van der Waals surface area contributed by atoms with Crippen molar-refractivity contribution in [2.75, 3.05) is 0 Å². The molecular weight excluding hydrogens is 258 g/mol. The van der Waals surface area contributed by atoms with E-state index < -0.39 is 0 Å². The number of aryl methyl sites for hydroxylation is 1. The Kier molecular flexibility index (Phi) is 5.03. The molecule has 2 rings (SSSR count). The van der Waals surface area contributed by atoms with Gasteiger partial charge in [0.2, 0.25) is 0 Å². The van der Waals surface area contributed by atoms with Gasteiger partial charge in [-0.3, -0.25) is 0 Å². The SMILES string of the molecule is CC[C@@H](N)c1ccccc1Oc1ccc(C(C)C)c(C)c1. The number of para-hydroxylation sites is 1. The van der Waals surface area contributed by atoms with Crippen LogP contribution in [0, 0.1) is 6.92 Å². The highest BCUT2D eigenvalue weighted by Gasteiger charge is 2.11. The van der Waals surface area contributed by atoms with E-state index in [0.717, 1.165) is 23.5 Å². The predicted octanol–water partition coefficient (Wildman–Crippen LogP) is 5.32. The molecule has 0 radical (unpaired) electrons. The Morgan fingerprint density at radius 3 is 2.38 bits per heavy atom. The van der Waals surface area contributed by atoms with E-state index in [1.807, 2.05) is 30.3 Å². The van der Waals surface area contributed by atoms with Gasteiger partial charge in [-0.2, -0.15) is 0 Å². The molecule has 0 aliphatic rings. The molecule has 0 aliphatic carbocycles. The molecule has 0 aliphatic heterocycles. The van der Waals surface area contributed by atoms with Gasteiger partial charge in [0.1, 0.15) is 11.5 Å². The summed E-state index contributed by atoms with van der Waals surface area (Å²) in [5, 5.41) is 0. The Morgan fingerprint density at radius 1 is 1.05 bits per heavy atom. The van der Waals surface area contributed by atoms with Crippen molar-refractivity contribution < 1.29 is 4.74 Å². The summed E-state index contributed by atoms with van der Waals surface area (Å²) in [6, 6.07) is 14.3. The summed E-state index contributed by atoms with van der Waals surface area (Å²) in [5.74, 6) is 2.25. The van der Waals surface area contributed by atoms with Gasteiger partial charge in [0.25, 0.3) is 0 Å². The quantitative estimate of drug-likeness (QED) is 0.806. The number of benzene rings is 2. The van der Waals surface area contributed by atoms with Gasteiger partial charge in [0.05, 0.1) is 0 Å². The Balaban J connectivity index is 2.29. The van der Waals surface area contributed by atoms with Crippen molar-refractivity contribution in [2.24, 2.45) is 5.73 Å². The smallest absolute Gasteiger partial charge is 0.132 e. The molecule has 2 N–H and O–H groups in total. The predicted molar refractivity (Wildman–Crippen MR) is 89.0 cm³/mol. The number of hydrogen-bond acceptors (Lipinski definition) is 2. The van der Waals surface area contributed by atoms with Crippen LogP contribution in [0.2, 0.25) is 0 Å². The van der Waals surface area contributed by atoms with Crippen molar-refractivity contribution in [1.82, 2.24) is 0 Å². The summed E-state index contributed by atoms with van der Waals surface area (Å²) < 4.78 is 6.07. The Labute approximate surface area is 127 Å². The molecule has 0 amide bonds. The zero-order valence-corrected chi connectivity index (χ0v) is 13.4. The summed E-state index contributed by atoms with van der Waals surface area (Å²) >= 11 is 0. The van der Waals surface area contributed by atoms with Crippen molar-refractivity contribution in [2.45, 2.75) is 46.1 Å². The van der Waals surface area contributed by atoms with Gasteiger partial charge in [0.15, 0.2) is 0 Å². The molecule has 0 saturated heterocycles. The third kappa shape index (κ3) is 3.64. The van der Waals surface area contributed by atoms with Gasteiger partial charge in [0, 0.05) is 11.6 Å². The van der Waals surface area contributed by atoms with Gasteiger partial charge in [-0.15, -0.1) is 0 Å². The summed E-state index contributed by atoms with van der Waals surface area (Å²) in [6.07, 6.45) is 0.895. The van der Waals surface area contributed by atoms with Crippen molar-refractivity contribution in [1.29, 1.82) is 0 Å². The fraction of sp³-hybridized carbons (Fsp3) is 0.368. The minimum absolute atomic E-state index is 0.0113. The molecule has 0 saturated carbocycles. The number of nitrogens with two attached hydrogens (primary N) is 1. The van der Waals surface area contributed by atoms with Gasteiger partial charge in [-0.25, -0.2) is 0 Å².